The van der Waals surface area contributed by atoms with E-state index in [2.05, 4.69) is 9.72 Å². The molecule has 4 heteroatoms. The van der Waals surface area contributed by atoms with Gasteiger partial charge in [0.25, 0.3) is 0 Å². The standard InChI is InChI=1S/C12H12N2O2/c1-16-12(15)7-9-8-3-2-6-14-11(8)5-4-10(9)13/h2-6H,7,13H2,1H3. The first-order chi connectivity index (χ1) is 7.72. The SMILES string of the molecule is COC(=O)Cc1c(N)ccc2ncccc12. The molecule has 1 aromatic heterocycles. The molecule has 0 saturated heterocycles. The number of esters is 1. The average Bonchev–Trinajstić information content (AvgIpc) is 2.32. The van der Waals surface area contributed by atoms with Crippen LogP contribution in [-0.4, -0.2) is 18.1 Å². The highest BCUT2D eigenvalue weighted by atomic mass is 16.5. The Hall–Kier alpha value is -2.10. The molecule has 0 atom stereocenters. The molecule has 0 aliphatic heterocycles. The lowest BCUT2D eigenvalue weighted by Gasteiger charge is -2.08. The van der Waals surface area contributed by atoms with Crippen LogP contribution in [0.1, 0.15) is 5.56 Å². The molecule has 2 N–H and O–H groups in total. The van der Waals surface area contributed by atoms with E-state index in [9.17, 15) is 4.79 Å². The lowest BCUT2D eigenvalue weighted by Crippen LogP contribution is -2.07. The summed E-state index contributed by atoms with van der Waals surface area (Å²) in [5.41, 5.74) is 8.05. The summed E-state index contributed by atoms with van der Waals surface area (Å²) in [7, 11) is 1.36. The molecule has 2 aromatic rings. The monoisotopic (exact) mass is 216 g/mol. The van der Waals surface area contributed by atoms with Gasteiger partial charge in [-0.05, 0) is 23.8 Å². The number of nitrogens with zero attached hydrogens (tertiary/aromatic N) is 1. The second kappa shape index (κ2) is 4.18. The smallest absolute Gasteiger partial charge is 0.310 e. The fraction of sp³-hybridized carbons (Fsp3) is 0.167. The molecule has 2 rings (SSSR count). The van der Waals surface area contributed by atoms with Crippen molar-refractivity contribution >= 4 is 22.6 Å². The Morgan fingerprint density at radius 2 is 2.25 bits per heavy atom. The zero-order valence-electron chi connectivity index (χ0n) is 8.93. The molecule has 16 heavy (non-hydrogen) atoms. The van der Waals surface area contributed by atoms with Crippen LogP contribution in [0.15, 0.2) is 30.5 Å². The van der Waals surface area contributed by atoms with Crippen LogP contribution in [0, 0.1) is 0 Å². The first-order valence-corrected chi connectivity index (χ1v) is 4.91. The molecule has 0 aliphatic carbocycles. The van der Waals surface area contributed by atoms with Crippen LogP contribution in [0.3, 0.4) is 0 Å². The number of nitrogens with two attached hydrogens (primary N) is 1. The van der Waals surface area contributed by atoms with Crippen molar-refractivity contribution in [3.8, 4) is 0 Å². The quantitative estimate of drug-likeness (QED) is 0.610. The minimum absolute atomic E-state index is 0.172. The van der Waals surface area contributed by atoms with Gasteiger partial charge < -0.3 is 10.5 Å². The summed E-state index contributed by atoms with van der Waals surface area (Å²) in [5.74, 6) is -0.303. The molecule has 0 spiro atoms. The van der Waals surface area contributed by atoms with Crippen molar-refractivity contribution in [3.63, 3.8) is 0 Å². The molecule has 1 aromatic carbocycles. The first-order valence-electron chi connectivity index (χ1n) is 4.91. The van der Waals surface area contributed by atoms with Crippen LogP contribution in [-0.2, 0) is 16.0 Å². The molecule has 82 valence electrons. The van der Waals surface area contributed by atoms with E-state index >= 15 is 0 Å². The molecule has 0 radical (unpaired) electrons. The Balaban J connectivity index is 2.57. The second-order valence-corrected chi connectivity index (χ2v) is 3.46. The van der Waals surface area contributed by atoms with Gasteiger partial charge in [-0.2, -0.15) is 0 Å². The Morgan fingerprint density at radius 1 is 1.44 bits per heavy atom. The van der Waals surface area contributed by atoms with Crippen LogP contribution < -0.4 is 5.73 Å². The van der Waals surface area contributed by atoms with Gasteiger partial charge in [0.2, 0.25) is 0 Å². The van der Waals surface area contributed by atoms with Gasteiger partial charge in [-0.25, -0.2) is 0 Å². The number of fused-ring (bicyclic) bond motifs is 1. The van der Waals surface area contributed by atoms with Crippen LogP contribution in [0.4, 0.5) is 5.69 Å². The van der Waals surface area contributed by atoms with E-state index in [1.807, 2.05) is 18.2 Å². The largest absolute Gasteiger partial charge is 0.469 e. The lowest BCUT2D eigenvalue weighted by molar-refractivity contribution is -0.139. The van der Waals surface area contributed by atoms with Crippen molar-refractivity contribution in [1.82, 2.24) is 4.98 Å². The maximum atomic E-state index is 11.3. The molecule has 1 heterocycles. The summed E-state index contributed by atoms with van der Waals surface area (Å²) in [6, 6.07) is 7.32. The van der Waals surface area contributed by atoms with Gasteiger partial charge in [-0.1, -0.05) is 6.07 Å². The average molecular weight is 216 g/mol. The number of pyridine rings is 1. The van der Waals surface area contributed by atoms with Gasteiger partial charge in [0.15, 0.2) is 0 Å². The number of rotatable bonds is 2. The second-order valence-electron chi connectivity index (χ2n) is 3.46. The van der Waals surface area contributed by atoms with Crippen molar-refractivity contribution < 1.29 is 9.53 Å². The summed E-state index contributed by atoms with van der Waals surface area (Å²) >= 11 is 0. The summed E-state index contributed by atoms with van der Waals surface area (Å²) in [4.78, 5) is 15.5. The summed E-state index contributed by atoms with van der Waals surface area (Å²) < 4.78 is 4.64. The predicted octanol–water partition coefficient (Wildman–Crippen LogP) is 1.53. The summed E-state index contributed by atoms with van der Waals surface area (Å²) in [6.45, 7) is 0. The van der Waals surface area contributed by atoms with Gasteiger partial charge >= 0.3 is 5.97 Å². The van der Waals surface area contributed by atoms with Crippen LogP contribution in [0.5, 0.6) is 0 Å². The number of ether oxygens (including phenoxy) is 1. The van der Waals surface area contributed by atoms with Crippen LogP contribution >= 0.6 is 0 Å². The fourth-order valence-electron chi connectivity index (χ4n) is 1.64. The summed E-state index contributed by atoms with van der Waals surface area (Å²) in [5, 5.41) is 0.896. The number of benzene rings is 1. The minimum Gasteiger partial charge on any atom is -0.469 e. The number of aromatic nitrogens is 1. The number of anilines is 1. The third kappa shape index (κ3) is 1.82. The predicted molar refractivity (Wildman–Crippen MR) is 61.9 cm³/mol. The van der Waals surface area contributed by atoms with E-state index in [-0.39, 0.29) is 12.4 Å². The Morgan fingerprint density at radius 3 is 3.00 bits per heavy atom. The maximum Gasteiger partial charge on any atom is 0.310 e. The Labute approximate surface area is 93.0 Å². The molecular formula is C12H12N2O2. The normalized spacial score (nSPS) is 10.3. The molecular weight excluding hydrogens is 204 g/mol. The van der Waals surface area contributed by atoms with Crippen LogP contribution in [0.25, 0.3) is 10.9 Å². The first kappa shape index (κ1) is 10.4. The van der Waals surface area contributed by atoms with Crippen molar-refractivity contribution in [2.24, 2.45) is 0 Å². The molecule has 0 fully saturated rings. The number of carbonyl (C=O) groups excluding carboxylic acids is 1. The number of nitrogen functional groups attached to an aromatic ring is 1. The third-order valence-corrected chi connectivity index (χ3v) is 2.48. The number of hydrogen-bond donors (Lipinski definition) is 1. The van der Waals surface area contributed by atoms with E-state index in [0.717, 1.165) is 16.5 Å². The molecule has 4 nitrogen and oxygen atoms in total. The van der Waals surface area contributed by atoms with E-state index in [4.69, 9.17) is 5.73 Å². The van der Waals surface area contributed by atoms with E-state index < -0.39 is 0 Å². The van der Waals surface area contributed by atoms with Gasteiger partial charge in [0.05, 0.1) is 19.0 Å². The van der Waals surface area contributed by atoms with Crippen molar-refractivity contribution in [1.29, 1.82) is 0 Å². The number of carbonyl (C=O) groups is 1. The van der Waals surface area contributed by atoms with Crippen LogP contribution in [0.2, 0.25) is 0 Å². The van der Waals surface area contributed by atoms with Gasteiger partial charge in [-0.15, -0.1) is 0 Å². The van der Waals surface area contributed by atoms with Gasteiger partial charge in [0.1, 0.15) is 0 Å². The summed E-state index contributed by atoms with van der Waals surface area (Å²) in [6.07, 6.45) is 1.88. The van der Waals surface area contributed by atoms with Crippen molar-refractivity contribution in [3.05, 3.63) is 36.0 Å². The van der Waals surface area contributed by atoms with Crippen molar-refractivity contribution in [2.75, 3.05) is 12.8 Å². The van der Waals surface area contributed by atoms with E-state index in [1.165, 1.54) is 7.11 Å². The van der Waals surface area contributed by atoms with Gasteiger partial charge in [0, 0.05) is 17.3 Å². The zero-order chi connectivity index (χ0) is 11.5. The Kier molecular flexibility index (Phi) is 2.72. The third-order valence-electron chi connectivity index (χ3n) is 2.48. The highest BCUT2D eigenvalue weighted by molar-refractivity contribution is 5.90. The van der Waals surface area contributed by atoms with Gasteiger partial charge in [-0.3, -0.25) is 9.78 Å². The topological polar surface area (TPSA) is 65.2 Å². The molecule has 0 unspecified atom stereocenters. The Bertz CT molecular complexity index is 538. The van der Waals surface area contributed by atoms with Crippen molar-refractivity contribution in [2.45, 2.75) is 6.42 Å². The van der Waals surface area contributed by atoms with E-state index in [0.29, 0.717) is 5.69 Å². The molecule has 0 saturated carbocycles. The number of methoxy groups -OCH3 is 1. The highest BCUT2D eigenvalue weighted by Gasteiger charge is 2.10. The lowest BCUT2D eigenvalue weighted by atomic mass is 10.0. The molecule has 0 aliphatic rings. The van der Waals surface area contributed by atoms with E-state index in [1.54, 1.807) is 12.3 Å². The zero-order valence-corrected chi connectivity index (χ0v) is 8.93. The highest BCUT2D eigenvalue weighted by Crippen LogP contribution is 2.23. The molecule has 0 bridgehead atoms. The number of hydrogen-bond acceptors (Lipinski definition) is 4. The maximum absolute atomic E-state index is 11.3. The molecule has 0 amide bonds. The fourth-order valence-corrected chi connectivity index (χ4v) is 1.64. The minimum atomic E-state index is -0.303.